The second kappa shape index (κ2) is 6.91. The average molecular weight is 337 g/mol. The molecule has 126 valence electrons. The maximum absolute atomic E-state index is 12.1. The highest BCUT2D eigenvalue weighted by atomic mass is 16.6. The van der Waals surface area contributed by atoms with Crippen molar-refractivity contribution >= 4 is 28.3 Å². The molecule has 0 aliphatic rings. The first-order chi connectivity index (χ1) is 12.0. The number of para-hydroxylation sites is 2. The Labute approximate surface area is 142 Å². The van der Waals surface area contributed by atoms with E-state index in [9.17, 15) is 14.9 Å². The molecule has 0 saturated heterocycles. The van der Waals surface area contributed by atoms with Crippen LogP contribution in [-0.2, 0) is 11.3 Å². The quantitative estimate of drug-likeness (QED) is 0.439. The van der Waals surface area contributed by atoms with Crippen LogP contribution >= 0.6 is 0 Å². The molecular weight excluding hydrogens is 322 g/mol. The van der Waals surface area contributed by atoms with Gasteiger partial charge in [-0.1, -0.05) is 12.1 Å². The molecule has 25 heavy (non-hydrogen) atoms. The van der Waals surface area contributed by atoms with Gasteiger partial charge >= 0.3 is 0 Å². The summed E-state index contributed by atoms with van der Waals surface area (Å²) in [5.41, 5.74) is 5.43. The predicted molar refractivity (Wildman–Crippen MR) is 93.2 cm³/mol. The Kier molecular flexibility index (Phi) is 4.51. The number of hydrogen-bond acceptors (Lipinski definition) is 5. The summed E-state index contributed by atoms with van der Waals surface area (Å²) >= 11 is 0. The molecule has 0 aliphatic heterocycles. The number of imidazole rings is 1. The Bertz CT molecular complexity index is 960. The van der Waals surface area contributed by atoms with Gasteiger partial charge in [-0.15, -0.1) is 0 Å². The fourth-order valence-corrected chi connectivity index (χ4v) is 2.36. The molecule has 8 heteroatoms. The zero-order valence-electron chi connectivity index (χ0n) is 13.4. The van der Waals surface area contributed by atoms with E-state index in [1.54, 1.807) is 30.0 Å². The van der Waals surface area contributed by atoms with Gasteiger partial charge in [-0.2, -0.15) is 5.10 Å². The van der Waals surface area contributed by atoms with Crippen molar-refractivity contribution in [3.8, 4) is 0 Å². The first-order valence-corrected chi connectivity index (χ1v) is 7.52. The van der Waals surface area contributed by atoms with E-state index in [0.29, 0.717) is 11.3 Å². The number of carbonyl (C=O) groups is 1. The highest BCUT2D eigenvalue weighted by molar-refractivity contribution is 5.99. The number of amides is 1. The van der Waals surface area contributed by atoms with Crippen LogP contribution in [0.4, 0.5) is 5.69 Å². The predicted octanol–water partition coefficient (Wildman–Crippen LogP) is 2.48. The molecule has 3 aromatic rings. The number of non-ortho nitro benzene ring substituents is 1. The highest BCUT2D eigenvalue weighted by Gasteiger charge is 2.08. The molecule has 0 saturated carbocycles. The van der Waals surface area contributed by atoms with Crippen LogP contribution < -0.4 is 5.43 Å². The molecule has 0 radical (unpaired) electrons. The smallest absolute Gasteiger partial charge is 0.269 e. The van der Waals surface area contributed by atoms with Gasteiger partial charge in [0.25, 0.3) is 11.6 Å². The molecular formula is C17H15N5O3. The van der Waals surface area contributed by atoms with Crippen molar-refractivity contribution < 1.29 is 9.72 Å². The first-order valence-electron chi connectivity index (χ1n) is 7.52. The fraction of sp³-hybridized carbons (Fsp3) is 0.118. The minimum absolute atomic E-state index is 0.00701. The van der Waals surface area contributed by atoms with Crippen molar-refractivity contribution in [3.05, 3.63) is 70.5 Å². The summed E-state index contributed by atoms with van der Waals surface area (Å²) in [6.07, 6.45) is 1.61. The van der Waals surface area contributed by atoms with E-state index in [1.807, 2.05) is 24.3 Å². The lowest BCUT2D eigenvalue weighted by Gasteiger charge is -2.05. The molecule has 0 atom stereocenters. The minimum Gasteiger partial charge on any atom is -0.321 e. The third-order valence-corrected chi connectivity index (χ3v) is 3.69. The van der Waals surface area contributed by atoms with Crippen molar-refractivity contribution in [1.82, 2.24) is 15.0 Å². The molecule has 1 amide bonds. The van der Waals surface area contributed by atoms with Crippen molar-refractivity contribution in [2.75, 3.05) is 0 Å². The number of nitro groups is 1. The summed E-state index contributed by atoms with van der Waals surface area (Å²) in [5, 5.41) is 14.7. The normalized spacial score (nSPS) is 11.5. The van der Waals surface area contributed by atoms with Gasteiger partial charge in [-0.05, 0) is 36.8 Å². The van der Waals surface area contributed by atoms with Crippen LogP contribution in [0, 0.1) is 10.1 Å². The number of nitro benzene ring substituents is 1. The van der Waals surface area contributed by atoms with Gasteiger partial charge in [0.2, 0.25) is 0 Å². The Morgan fingerprint density at radius 3 is 2.68 bits per heavy atom. The van der Waals surface area contributed by atoms with Gasteiger partial charge in [-0.3, -0.25) is 14.9 Å². The summed E-state index contributed by atoms with van der Waals surface area (Å²) in [4.78, 5) is 26.5. The van der Waals surface area contributed by atoms with Gasteiger partial charge in [-0.25, -0.2) is 10.4 Å². The minimum atomic E-state index is -0.465. The maximum atomic E-state index is 12.1. The summed E-state index contributed by atoms with van der Waals surface area (Å²) in [6.45, 7) is 1.81. The third kappa shape index (κ3) is 3.69. The summed E-state index contributed by atoms with van der Waals surface area (Å²) in [5.74, 6) is -0.288. The number of nitrogens with zero attached hydrogens (tertiary/aromatic N) is 4. The van der Waals surface area contributed by atoms with E-state index < -0.39 is 4.92 Å². The average Bonchev–Trinajstić information content (AvgIpc) is 3.03. The SMILES string of the molecule is C/C(=N\NC(=O)Cn1cnc2ccccc21)c1ccc([N+](=O)[O-])cc1. The second-order valence-corrected chi connectivity index (χ2v) is 5.40. The molecule has 0 spiro atoms. The van der Waals surface area contributed by atoms with E-state index in [-0.39, 0.29) is 18.1 Å². The molecule has 1 N–H and O–H groups in total. The Morgan fingerprint density at radius 1 is 1.24 bits per heavy atom. The monoisotopic (exact) mass is 337 g/mol. The number of rotatable bonds is 5. The maximum Gasteiger partial charge on any atom is 0.269 e. The lowest BCUT2D eigenvalue weighted by molar-refractivity contribution is -0.384. The number of benzene rings is 2. The number of fused-ring (bicyclic) bond motifs is 1. The lowest BCUT2D eigenvalue weighted by Crippen LogP contribution is -2.24. The van der Waals surface area contributed by atoms with Crippen LogP contribution in [-0.4, -0.2) is 26.1 Å². The fourth-order valence-electron chi connectivity index (χ4n) is 2.36. The lowest BCUT2D eigenvalue weighted by atomic mass is 10.1. The number of hydrazone groups is 1. The molecule has 1 aromatic heterocycles. The van der Waals surface area contributed by atoms with Crippen molar-refractivity contribution in [2.24, 2.45) is 5.10 Å². The van der Waals surface area contributed by atoms with E-state index in [4.69, 9.17) is 0 Å². The Balaban J connectivity index is 1.66. The first kappa shape index (κ1) is 16.3. The Hall–Kier alpha value is -3.55. The topological polar surface area (TPSA) is 102 Å². The Morgan fingerprint density at radius 2 is 1.96 bits per heavy atom. The molecule has 8 nitrogen and oxygen atoms in total. The third-order valence-electron chi connectivity index (χ3n) is 3.69. The number of aromatic nitrogens is 2. The zero-order chi connectivity index (χ0) is 17.8. The van der Waals surface area contributed by atoms with E-state index in [2.05, 4.69) is 15.5 Å². The molecule has 3 rings (SSSR count). The van der Waals surface area contributed by atoms with Crippen LogP contribution in [0.25, 0.3) is 11.0 Å². The zero-order valence-corrected chi connectivity index (χ0v) is 13.4. The van der Waals surface area contributed by atoms with Gasteiger partial charge < -0.3 is 4.57 Å². The van der Waals surface area contributed by atoms with Gasteiger partial charge in [0.05, 0.1) is 28.0 Å². The van der Waals surface area contributed by atoms with E-state index >= 15 is 0 Å². The van der Waals surface area contributed by atoms with Crippen molar-refractivity contribution in [3.63, 3.8) is 0 Å². The summed E-state index contributed by atoms with van der Waals surface area (Å²) < 4.78 is 1.74. The van der Waals surface area contributed by atoms with Gasteiger partial charge in [0.1, 0.15) is 6.54 Å². The highest BCUT2D eigenvalue weighted by Crippen LogP contribution is 2.13. The van der Waals surface area contributed by atoms with Gasteiger partial charge in [0.15, 0.2) is 0 Å². The summed E-state index contributed by atoms with van der Waals surface area (Å²) in [7, 11) is 0. The molecule has 0 unspecified atom stereocenters. The number of hydrogen-bond donors (Lipinski definition) is 1. The molecule has 0 aliphatic carbocycles. The van der Waals surface area contributed by atoms with Crippen molar-refractivity contribution in [1.29, 1.82) is 0 Å². The van der Waals surface area contributed by atoms with Crippen LogP contribution in [0.5, 0.6) is 0 Å². The largest absolute Gasteiger partial charge is 0.321 e. The van der Waals surface area contributed by atoms with Crippen LogP contribution in [0.1, 0.15) is 12.5 Å². The summed E-state index contributed by atoms with van der Waals surface area (Å²) in [6, 6.07) is 13.5. The van der Waals surface area contributed by atoms with Crippen molar-refractivity contribution in [2.45, 2.75) is 13.5 Å². The number of carbonyl (C=O) groups excluding carboxylic acids is 1. The molecule has 0 bridgehead atoms. The molecule has 1 heterocycles. The van der Waals surface area contributed by atoms with Crippen LogP contribution in [0.3, 0.4) is 0 Å². The standard InChI is InChI=1S/C17H15N5O3/c1-12(13-6-8-14(9-7-13)22(24)25)19-20-17(23)10-21-11-18-15-4-2-3-5-16(15)21/h2-9,11H,10H2,1H3,(H,20,23)/b19-12+. The molecule has 2 aromatic carbocycles. The molecule has 0 fully saturated rings. The van der Waals surface area contributed by atoms with Gasteiger partial charge in [0, 0.05) is 12.1 Å². The number of nitrogens with one attached hydrogen (secondary N) is 1. The second-order valence-electron chi connectivity index (χ2n) is 5.40. The van der Waals surface area contributed by atoms with E-state index in [1.165, 1.54) is 12.1 Å². The van der Waals surface area contributed by atoms with Crippen LogP contribution in [0.15, 0.2) is 60.0 Å². The van der Waals surface area contributed by atoms with Crippen LogP contribution in [0.2, 0.25) is 0 Å². The van der Waals surface area contributed by atoms with E-state index in [0.717, 1.165) is 11.0 Å².